The normalized spacial score (nSPS) is 14.5. The highest BCUT2D eigenvalue weighted by atomic mass is 33.1. The Morgan fingerprint density at radius 1 is 0.808 bits per heavy atom. The second-order valence-corrected chi connectivity index (χ2v) is 22.4. The van der Waals surface area contributed by atoms with Crippen molar-refractivity contribution in [2.45, 2.75) is 59.3 Å². The molecule has 2 aromatic carbocycles. The average molecular weight is 425 g/mol. The molecule has 26 heavy (non-hydrogen) atoms. The van der Waals surface area contributed by atoms with E-state index in [0.717, 1.165) is 0 Å². The van der Waals surface area contributed by atoms with Crippen LogP contribution in [0.25, 0.3) is 10.8 Å². The Kier molecular flexibility index (Phi) is 9.15. The fourth-order valence-electron chi connectivity index (χ4n) is 3.69. The van der Waals surface area contributed by atoms with Crippen LogP contribution >= 0.6 is 11.9 Å². The first-order chi connectivity index (χ1) is 12.5. The molecule has 0 aliphatic rings. The van der Waals surface area contributed by atoms with E-state index in [1.165, 1.54) is 73.1 Å². The fourth-order valence-corrected chi connectivity index (χ4v) is 19.5. The topological polar surface area (TPSA) is 0 Å². The van der Waals surface area contributed by atoms with Gasteiger partial charge < -0.3 is 12.2 Å². The Hall–Kier alpha value is 0.130. The van der Waals surface area contributed by atoms with Gasteiger partial charge in [0, 0.05) is 6.95 Å². The van der Waals surface area contributed by atoms with Crippen LogP contribution in [0.2, 0.25) is 0 Å². The molecule has 2 rings (SSSR count). The molecule has 0 nitrogen and oxygen atoms in total. The van der Waals surface area contributed by atoms with Crippen LogP contribution in [0.5, 0.6) is 0 Å². The summed E-state index contributed by atoms with van der Waals surface area (Å²) < 4.78 is 0. The molecular weight excluding hydrogens is 390 g/mol. The molecule has 144 valence electrons. The first-order valence-electron chi connectivity index (χ1n) is 10.2. The van der Waals surface area contributed by atoms with Gasteiger partial charge in [-0.1, -0.05) is 88.2 Å². The summed E-state index contributed by atoms with van der Waals surface area (Å²) in [5.41, 5.74) is 0. The van der Waals surface area contributed by atoms with Crippen molar-refractivity contribution >= 4 is 52.0 Å². The van der Waals surface area contributed by atoms with Crippen LogP contribution in [-0.4, -0.2) is 18.5 Å². The third kappa shape index (κ3) is 5.14. The Morgan fingerprint density at radius 3 is 1.81 bits per heavy atom. The molecule has 0 fully saturated rings. The lowest BCUT2D eigenvalue weighted by atomic mass is 10.1. The second kappa shape index (κ2) is 10.6. The van der Waals surface area contributed by atoms with Crippen molar-refractivity contribution in [1.29, 1.82) is 0 Å². The van der Waals surface area contributed by atoms with Crippen molar-refractivity contribution in [3.05, 3.63) is 42.5 Å². The lowest BCUT2D eigenvalue weighted by Gasteiger charge is -2.43. The molecule has 0 aliphatic heterocycles. The van der Waals surface area contributed by atoms with E-state index in [4.69, 9.17) is 24.1 Å². The largest absolute Gasteiger partial charge is 0.702 e. The highest BCUT2D eigenvalue weighted by Gasteiger charge is 2.42. The maximum absolute atomic E-state index is 6.42. The molecule has 1 atom stereocenters. The Balaban J connectivity index is 2.50. The predicted octanol–water partition coefficient (Wildman–Crippen LogP) is 7.74. The molecular formula is C22H34P2S2. The van der Waals surface area contributed by atoms with E-state index in [0.29, 0.717) is 0 Å². The Bertz CT molecular complexity index is 720. The molecule has 0 aromatic heterocycles. The number of hydrogen-bond acceptors (Lipinski definition) is 2. The molecule has 0 saturated carbocycles. The van der Waals surface area contributed by atoms with E-state index < -0.39 is 11.9 Å². The van der Waals surface area contributed by atoms with E-state index in [1.807, 2.05) is 0 Å². The molecule has 0 N–H and O–H groups in total. The molecule has 0 heterocycles. The van der Waals surface area contributed by atoms with Gasteiger partial charge in [-0.25, -0.2) is 0 Å². The molecule has 0 saturated heterocycles. The number of unbranched alkanes of at least 4 members (excludes halogenated alkanes) is 3. The zero-order valence-electron chi connectivity index (χ0n) is 16.6. The highest BCUT2D eigenvalue weighted by Crippen LogP contribution is 2.88. The maximum atomic E-state index is 6.42. The maximum Gasteiger partial charge on any atom is 0.0608 e. The number of benzene rings is 2. The van der Waals surface area contributed by atoms with Crippen molar-refractivity contribution in [1.82, 2.24) is 0 Å². The standard InChI is InChI=1S/C22H34P2S2/c1-4-7-16-23(17-8-5-2,18-9-6-3)24(25,26)22-15-14-20-12-10-11-13-21(20)19-22/h10-15,19H,4-9,16-18H2,1-3H3. The summed E-state index contributed by atoms with van der Waals surface area (Å²) in [5, 5.41) is 3.90. The van der Waals surface area contributed by atoms with Crippen molar-refractivity contribution in [2.75, 3.05) is 18.5 Å². The minimum atomic E-state index is -1.95. The summed E-state index contributed by atoms with van der Waals surface area (Å²) in [6.45, 7) is 5.60. The van der Waals surface area contributed by atoms with E-state index >= 15 is 0 Å². The molecule has 2 aromatic rings. The average Bonchev–Trinajstić information content (AvgIpc) is 2.67. The summed E-state index contributed by atoms with van der Waals surface area (Å²) in [4.78, 5) is -1.95. The van der Waals surface area contributed by atoms with Gasteiger partial charge in [0.25, 0.3) is 0 Å². The summed E-state index contributed by atoms with van der Waals surface area (Å²) in [6, 6.07) is 15.5. The highest BCUT2D eigenvalue weighted by molar-refractivity contribution is 8.85. The van der Waals surface area contributed by atoms with Gasteiger partial charge in [0.15, 0.2) is 0 Å². The van der Waals surface area contributed by atoms with Crippen LogP contribution in [0.15, 0.2) is 42.5 Å². The molecule has 0 bridgehead atoms. The van der Waals surface area contributed by atoms with Gasteiger partial charge in [0.2, 0.25) is 0 Å². The van der Waals surface area contributed by atoms with E-state index in [-0.39, 0.29) is 0 Å². The van der Waals surface area contributed by atoms with Gasteiger partial charge in [0.05, 0.1) is 18.5 Å². The zero-order chi connectivity index (χ0) is 19.0. The fraction of sp³-hybridized carbons (Fsp3) is 0.545. The van der Waals surface area contributed by atoms with Crippen molar-refractivity contribution < 1.29 is 0 Å². The molecule has 0 amide bonds. The van der Waals surface area contributed by atoms with Gasteiger partial charge in [-0.3, -0.25) is 0 Å². The van der Waals surface area contributed by atoms with Crippen LogP contribution in [0.3, 0.4) is 0 Å². The van der Waals surface area contributed by atoms with E-state index in [1.54, 1.807) is 0 Å². The monoisotopic (exact) mass is 424 g/mol. The van der Waals surface area contributed by atoms with Crippen LogP contribution < -0.4 is 5.30 Å². The molecule has 0 aliphatic carbocycles. The Labute approximate surface area is 171 Å². The third-order valence-corrected chi connectivity index (χ3v) is 24.2. The van der Waals surface area contributed by atoms with Crippen LogP contribution in [0.1, 0.15) is 59.3 Å². The second-order valence-electron chi connectivity index (χ2n) is 7.38. The van der Waals surface area contributed by atoms with Crippen LogP contribution in [-0.2, 0) is 24.1 Å². The smallest absolute Gasteiger partial charge is 0.0608 e. The number of rotatable bonds is 11. The third-order valence-electron chi connectivity index (χ3n) is 5.40. The Morgan fingerprint density at radius 2 is 1.31 bits per heavy atom. The van der Waals surface area contributed by atoms with Gasteiger partial charge >= 0.3 is 0 Å². The first kappa shape index (κ1) is 22.4. The quantitative estimate of drug-likeness (QED) is 0.267. The zero-order valence-corrected chi connectivity index (χ0v) is 20.0. The van der Waals surface area contributed by atoms with Gasteiger partial charge in [-0.05, 0) is 46.3 Å². The molecule has 0 spiro atoms. The van der Waals surface area contributed by atoms with Crippen molar-refractivity contribution in [2.24, 2.45) is 0 Å². The van der Waals surface area contributed by atoms with E-state index in [9.17, 15) is 0 Å². The molecule has 4 heteroatoms. The van der Waals surface area contributed by atoms with Crippen LogP contribution in [0, 0.1) is 0 Å². The van der Waals surface area contributed by atoms with Gasteiger partial charge in [-0.2, -0.15) is 0 Å². The number of fused-ring (bicyclic) bond motifs is 1. The predicted molar refractivity (Wildman–Crippen MR) is 131 cm³/mol. The van der Waals surface area contributed by atoms with Gasteiger partial charge in [0.1, 0.15) is 0 Å². The van der Waals surface area contributed by atoms with Crippen molar-refractivity contribution in [3.63, 3.8) is 0 Å². The number of hydrogen-bond donors (Lipinski definition) is 0. The minimum Gasteiger partial charge on any atom is -0.702 e. The van der Waals surface area contributed by atoms with Gasteiger partial charge in [-0.15, -0.1) is 0 Å². The van der Waals surface area contributed by atoms with Crippen LogP contribution in [0.4, 0.5) is 0 Å². The lowest BCUT2D eigenvalue weighted by Crippen LogP contribution is -2.15. The first-order valence-corrected chi connectivity index (χ1v) is 17.0. The summed E-state index contributed by atoms with van der Waals surface area (Å²) in [6.07, 6.45) is 11.6. The molecule has 0 radical (unpaired) electrons. The minimum absolute atomic E-state index is 1.25. The SMILES string of the molecule is CCCC[P+](CCCC)(CCCC)P(=S)([S-])c1ccc2ccccc2c1. The molecule has 1 unspecified atom stereocenters. The van der Waals surface area contributed by atoms with E-state index in [2.05, 4.69) is 63.2 Å². The van der Waals surface area contributed by atoms with Crippen molar-refractivity contribution in [3.8, 4) is 0 Å². The summed E-state index contributed by atoms with van der Waals surface area (Å²) >= 11 is 12.8. The summed E-state index contributed by atoms with van der Waals surface area (Å²) in [5.74, 6) is 0. The lowest BCUT2D eigenvalue weighted by molar-refractivity contribution is 0.844. The summed E-state index contributed by atoms with van der Waals surface area (Å²) in [7, 11) is 0.